The topological polar surface area (TPSA) is 40.5 Å². The van der Waals surface area contributed by atoms with Gasteiger partial charge in [-0.2, -0.15) is 0 Å². The zero-order valence-electron chi connectivity index (χ0n) is 10.8. The lowest BCUT2D eigenvalue weighted by atomic mass is 9.81. The molecule has 104 valence electrons. The summed E-state index contributed by atoms with van der Waals surface area (Å²) < 4.78 is 0. The van der Waals surface area contributed by atoms with Crippen LogP contribution in [0.25, 0.3) is 0 Å². The molecule has 1 aromatic rings. The largest absolute Gasteiger partial charge is 0.481 e. The molecule has 1 aliphatic rings. The van der Waals surface area contributed by atoms with Gasteiger partial charge in [0, 0.05) is 6.54 Å². The third kappa shape index (κ3) is 3.62. The average molecular weight is 302 g/mol. The lowest BCUT2D eigenvalue weighted by Gasteiger charge is -2.34. The first-order valence-electron chi connectivity index (χ1n) is 6.32. The number of hydrogen-bond donors (Lipinski definition) is 1. The molecule has 1 saturated heterocycles. The molecule has 0 radical (unpaired) electrons. The van der Waals surface area contributed by atoms with Gasteiger partial charge in [0.25, 0.3) is 0 Å². The van der Waals surface area contributed by atoms with Gasteiger partial charge in [0.05, 0.1) is 16.0 Å². The van der Waals surface area contributed by atoms with Gasteiger partial charge in [-0.05, 0) is 50.0 Å². The summed E-state index contributed by atoms with van der Waals surface area (Å²) in [6.07, 6.45) is 1.63. The van der Waals surface area contributed by atoms with Gasteiger partial charge in [0.15, 0.2) is 0 Å². The zero-order valence-corrected chi connectivity index (χ0v) is 12.3. The summed E-state index contributed by atoms with van der Waals surface area (Å²) >= 11 is 11.9. The van der Waals surface area contributed by atoms with E-state index in [1.54, 1.807) is 6.07 Å². The second kappa shape index (κ2) is 6.12. The Morgan fingerprint density at radius 3 is 2.79 bits per heavy atom. The van der Waals surface area contributed by atoms with E-state index >= 15 is 0 Å². The van der Waals surface area contributed by atoms with Crippen molar-refractivity contribution in [2.45, 2.75) is 12.8 Å². The first-order chi connectivity index (χ1) is 8.97. The number of hydrogen-bond acceptors (Lipinski definition) is 2. The summed E-state index contributed by atoms with van der Waals surface area (Å²) in [5, 5.41) is 10.4. The van der Waals surface area contributed by atoms with E-state index in [4.69, 9.17) is 23.2 Å². The quantitative estimate of drug-likeness (QED) is 0.932. The van der Waals surface area contributed by atoms with E-state index in [1.165, 1.54) is 0 Å². The minimum absolute atomic E-state index is 0.158. The van der Waals surface area contributed by atoms with Crippen molar-refractivity contribution in [1.29, 1.82) is 0 Å². The first-order valence-corrected chi connectivity index (χ1v) is 7.08. The molecule has 0 aromatic heterocycles. The van der Waals surface area contributed by atoms with Crippen LogP contribution in [0.4, 0.5) is 0 Å². The number of nitrogens with zero attached hydrogens (tertiary/aromatic N) is 1. The summed E-state index contributed by atoms with van der Waals surface area (Å²) in [4.78, 5) is 13.4. The summed E-state index contributed by atoms with van der Waals surface area (Å²) in [5.74, 6) is -0.865. The number of likely N-dealkylation sites (tertiary alicyclic amines) is 1. The fraction of sp³-hybridized carbons (Fsp3) is 0.500. The van der Waals surface area contributed by atoms with Crippen molar-refractivity contribution < 1.29 is 9.90 Å². The molecule has 2 rings (SSSR count). The Hall–Kier alpha value is -0.770. The Morgan fingerprint density at radius 1 is 1.42 bits per heavy atom. The number of halogens is 2. The van der Waals surface area contributed by atoms with Gasteiger partial charge in [0.2, 0.25) is 0 Å². The molecular formula is C14H17Cl2NO2. The Kier molecular flexibility index (Phi) is 4.71. The van der Waals surface area contributed by atoms with E-state index in [-0.39, 0.29) is 11.8 Å². The van der Waals surface area contributed by atoms with Gasteiger partial charge in [0.1, 0.15) is 0 Å². The van der Waals surface area contributed by atoms with Crippen LogP contribution in [0.1, 0.15) is 12.0 Å². The van der Waals surface area contributed by atoms with Crippen molar-refractivity contribution in [3.05, 3.63) is 33.8 Å². The number of carbonyl (C=O) groups is 1. The average Bonchev–Trinajstić information content (AvgIpc) is 2.36. The van der Waals surface area contributed by atoms with Gasteiger partial charge in [-0.1, -0.05) is 29.3 Å². The SMILES string of the molecule is CN1CC[C@H](Cc2ccc(Cl)c(Cl)c2)[C@H](C(=O)O)C1. The summed E-state index contributed by atoms with van der Waals surface area (Å²) in [7, 11) is 1.96. The van der Waals surface area contributed by atoms with Crippen LogP contribution in [0.3, 0.4) is 0 Å². The maximum atomic E-state index is 11.3. The Morgan fingerprint density at radius 2 is 2.16 bits per heavy atom. The van der Waals surface area contributed by atoms with Crippen molar-refractivity contribution >= 4 is 29.2 Å². The van der Waals surface area contributed by atoms with Crippen LogP contribution in [0.15, 0.2) is 18.2 Å². The Labute approximate surface area is 123 Å². The van der Waals surface area contributed by atoms with Gasteiger partial charge in [-0.25, -0.2) is 0 Å². The van der Waals surface area contributed by atoms with Gasteiger partial charge in [-0.15, -0.1) is 0 Å². The van der Waals surface area contributed by atoms with E-state index < -0.39 is 5.97 Å². The molecule has 1 N–H and O–H groups in total. The van der Waals surface area contributed by atoms with Crippen LogP contribution in [0, 0.1) is 11.8 Å². The molecule has 2 atom stereocenters. The highest BCUT2D eigenvalue weighted by Crippen LogP contribution is 2.29. The van der Waals surface area contributed by atoms with Crippen LogP contribution in [0.2, 0.25) is 10.0 Å². The Bertz CT molecular complexity index is 479. The van der Waals surface area contributed by atoms with E-state index in [0.29, 0.717) is 16.6 Å². The number of piperidine rings is 1. The zero-order chi connectivity index (χ0) is 14.0. The molecule has 1 aromatic carbocycles. The lowest BCUT2D eigenvalue weighted by molar-refractivity contribution is -0.145. The molecule has 0 bridgehead atoms. The molecule has 0 unspecified atom stereocenters. The Balaban J connectivity index is 2.11. The molecule has 0 spiro atoms. The first kappa shape index (κ1) is 14.6. The summed E-state index contributed by atoms with van der Waals surface area (Å²) in [5.41, 5.74) is 1.05. The van der Waals surface area contributed by atoms with Gasteiger partial charge in [-0.3, -0.25) is 4.79 Å². The third-order valence-electron chi connectivity index (χ3n) is 3.76. The van der Waals surface area contributed by atoms with Crippen molar-refractivity contribution in [2.75, 3.05) is 20.1 Å². The maximum Gasteiger partial charge on any atom is 0.308 e. The van der Waals surface area contributed by atoms with Crippen molar-refractivity contribution in [3.8, 4) is 0 Å². The highest BCUT2D eigenvalue weighted by atomic mass is 35.5. The van der Waals surface area contributed by atoms with Gasteiger partial charge >= 0.3 is 5.97 Å². The highest BCUT2D eigenvalue weighted by molar-refractivity contribution is 6.42. The molecule has 0 aliphatic carbocycles. The number of benzene rings is 1. The maximum absolute atomic E-state index is 11.3. The smallest absolute Gasteiger partial charge is 0.308 e. The van der Waals surface area contributed by atoms with Crippen molar-refractivity contribution in [1.82, 2.24) is 4.90 Å². The predicted octanol–water partition coefficient (Wildman–Crippen LogP) is 3.19. The van der Waals surface area contributed by atoms with Crippen LogP contribution in [-0.2, 0) is 11.2 Å². The van der Waals surface area contributed by atoms with Crippen molar-refractivity contribution in [3.63, 3.8) is 0 Å². The molecule has 3 nitrogen and oxygen atoms in total. The predicted molar refractivity (Wildman–Crippen MR) is 76.9 cm³/mol. The van der Waals surface area contributed by atoms with Crippen LogP contribution in [0.5, 0.6) is 0 Å². The monoisotopic (exact) mass is 301 g/mol. The number of carboxylic acid groups (broad SMARTS) is 1. The molecule has 0 amide bonds. The fourth-order valence-electron chi connectivity index (χ4n) is 2.66. The van der Waals surface area contributed by atoms with Crippen molar-refractivity contribution in [2.24, 2.45) is 11.8 Å². The number of rotatable bonds is 3. The second-order valence-corrected chi connectivity index (χ2v) is 6.02. The molecule has 1 fully saturated rings. The van der Waals surface area contributed by atoms with Crippen LogP contribution in [-0.4, -0.2) is 36.1 Å². The molecular weight excluding hydrogens is 285 g/mol. The number of carboxylic acids is 1. The summed E-state index contributed by atoms with van der Waals surface area (Å²) in [6.45, 7) is 1.55. The van der Waals surface area contributed by atoms with Gasteiger partial charge < -0.3 is 10.0 Å². The fourth-order valence-corrected chi connectivity index (χ4v) is 2.98. The lowest BCUT2D eigenvalue weighted by Crippen LogP contribution is -2.42. The molecule has 1 heterocycles. The second-order valence-electron chi connectivity index (χ2n) is 5.21. The normalized spacial score (nSPS) is 24.4. The van der Waals surface area contributed by atoms with Crippen LogP contribution >= 0.6 is 23.2 Å². The standard InChI is InChI=1S/C14H17Cl2NO2/c1-17-5-4-10(11(8-17)14(18)19)6-9-2-3-12(15)13(16)7-9/h2-3,7,10-11H,4-6,8H2,1H3,(H,18,19)/t10-,11-/m1/s1. The van der Waals surface area contributed by atoms with E-state index in [0.717, 1.165) is 24.9 Å². The van der Waals surface area contributed by atoms with E-state index in [1.807, 2.05) is 19.2 Å². The third-order valence-corrected chi connectivity index (χ3v) is 4.50. The van der Waals surface area contributed by atoms with E-state index in [9.17, 15) is 9.90 Å². The summed E-state index contributed by atoms with van der Waals surface area (Å²) in [6, 6.07) is 5.52. The minimum Gasteiger partial charge on any atom is -0.481 e. The molecule has 1 aliphatic heterocycles. The molecule has 5 heteroatoms. The van der Waals surface area contributed by atoms with E-state index in [2.05, 4.69) is 4.90 Å². The van der Waals surface area contributed by atoms with Crippen LogP contribution < -0.4 is 0 Å². The highest BCUT2D eigenvalue weighted by Gasteiger charge is 2.32. The molecule has 0 saturated carbocycles. The minimum atomic E-state index is -0.711. The number of aliphatic carboxylic acids is 1. The molecule has 19 heavy (non-hydrogen) atoms.